The summed E-state index contributed by atoms with van der Waals surface area (Å²) in [7, 11) is 0. The molecule has 3 rings (SSSR count). The minimum atomic E-state index is -0.949. The van der Waals surface area contributed by atoms with Gasteiger partial charge in [0.15, 0.2) is 0 Å². The second-order valence-corrected chi connectivity index (χ2v) is 7.09. The molecule has 0 spiro atoms. The Morgan fingerprint density at radius 1 is 1.20 bits per heavy atom. The molecule has 1 N–H and O–H groups in total. The van der Waals surface area contributed by atoms with Crippen LogP contribution in [-0.4, -0.2) is 40.1 Å². The van der Waals surface area contributed by atoms with Crippen LogP contribution in [0.1, 0.15) is 56.6 Å². The van der Waals surface area contributed by atoms with E-state index in [1.807, 2.05) is 31.2 Å². The Hall–Kier alpha value is -1.88. The van der Waals surface area contributed by atoms with Crippen molar-refractivity contribution in [2.24, 2.45) is 0 Å². The third kappa shape index (κ3) is 4.03. The molecule has 1 aromatic rings. The molecule has 0 radical (unpaired) electrons. The summed E-state index contributed by atoms with van der Waals surface area (Å²) in [4.78, 5) is 26.3. The fourth-order valence-electron chi connectivity index (χ4n) is 3.92. The quantitative estimate of drug-likeness (QED) is 0.890. The van der Waals surface area contributed by atoms with Crippen LogP contribution in [0, 0.1) is 0 Å². The van der Waals surface area contributed by atoms with Crippen LogP contribution in [0.15, 0.2) is 24.3 Å². The number of carbonyl (C=O) groups excluding carboxylic acids is 1. The minimum Gasteiger partial charge on any atom is -0.480 e. The lowest BCUT2D eigenvalue weighted by Gasteiger charge is -2.37. The van der Waals surface area contributed by atoms with Crippen LogP contribution in [0.3, 0.4) is 0 Å². The predicted molar refractivity (Wildman–Crippen MR) is 94.2 cm³/mol. The van der Waals surface area contributed by atoms with Gasteiger partial charge in [0.05, 0.1) is 6.10 Å². The first kappa shape index (κ1) is 17.9. The number of ether oxygens (including phenoxy) is 1. The van der Waals surface area contributed by atoms with Gasteiger partial charge in [-0.1, -0.05) is 50.5 Å². The van der Waals surface area contributed by atoms with Crippen molar-refractivity contribution in [1.82, 2.24) is 4.90 Å². The summed E-state index contributed by atoms with van der Waals surface area (Å²) in [6.07, 6.45) is 6.02. The molecule has 0 aromatic heterocycles. The molecule has 1 fully saturated rings. The highest BCUT2D eigenvalue weighted by Gasteiger charge is 2.38. The summed E-state index contributed by atoms with van der Waals surface area (Å²) < 4.78 is 6.09. The summed E-state index contributed by atoms with van der Waals surface area (Å²) in [5, 5.41) is 9.62. The van der Waals surface area contributed by atoms with Crippen molar-refractivity contribution in [2.45, 2.75) is 76.7 Å². The number of carbonyl (C=O) groups is 2. The van der Waals surface area contributed by atoms with Crippen molar-refractivity contribution in [2.75, 3.05) is 0 Å². The molecule has 1 heterocycles. The van der Waals surface area contributed by atoms with Gasteiger partial charge < -0.3 is 14.7 Å². The van der Waals surface area contributed by atoms with Gasteiger partial charge in [-0.25, -0.2) is 4.79 Å². The standard InChI is InChI=1S/C20H27NO4/c1-2-18(25-16-10-4-3-5-11-16)19(22)21-13-15-9-7-6-8-14(15)12-17(21)20(23)24/h6-9,16-18H,2-5,10-13H2,1H3,(H,23,24). The maximum Gasteiger partial charge on any atom is 0.326 e. The lowest BCUT2D eigenvalue weighted by molar-refractivity contribution is -0.160. The van der Waals surface area contributed by atoms with E-state index in [2.05, 4.69) is 0 Å². The van der Waals surface area contributed by atoms with Crippen LogP contribution in [-0.2, 0) is 27.3 Å². The molecule has 25 heavy (non-hydrogen) atoms. The first-order valence-corrected chi connectivity index (χ1v) is 9.35. The third-order valence-corrected chi connectivity index (χ3v) is 5.37. The van der Waals surface area contributed by atoms with Crippen LogP contribution < -0.4 is 0 Å². The Morgan fingerprint density at radius 3 is 2.52 bits per heavy atom. The third-order valence-electron chi connectivity index (χ3n) is 5.37. The lowest BCUT2D eigenvalue weighted by Crippen LogP contribution is -2.52. The van der Waals surface area contributed by atoms with Crippen LogP contribution in [0.2, 0.25) is 0 Å². The fourth-order valence-corrected chi connectivity index (χ4v) is 3.92. The van der Waals surface area contributed by atoms with Crippen LogP contribution in [0.4, 0.5) is 0 Å². The molecule has 1 amide bonds. The molecule has 2 unspecified atom stereocenters. The monoisotopic (exact) mass is 345 g/mol. The van der Waals surface area contributed by atoms with Gasteiger partial charge in [-0.05, 0) is 30.4 Å². The normalized spacial score (nSPS) is 22.3. The molecular weight excluding hydrogens is 318 g/mol. The van der Waals surface area contributed by atoms with Crippen LogP contribution in [0.25, 0.3) is 0 Å². The van der Waals surface area contributed by atoms with Gasteiger partial charge in [0.25, 0.3) is 5.91 Å². The Bertz CT molecular complexity index is 624. The molecule has 0 bridgehead atoms. The van der Waals surface area contributed by atoms with Crippen LogP contribution in [0.5, 0.6) is 0 Å². The highest BCUT2D eigenvalue weighted by Crippen LogP contribution is 2.27. The SMILES string of the molecule is CCC(OC1CCCCC1)C(=O)N1Cc2ccccc2CC1C(=O)O. The number of hydrogen-bond acceptors (Lipinski definition) is 3. The van der Waals surface area contributed by atoms with Crippen molar-refractivity contribution in [3.63, 3.8) is 0 Å². The first-order valence-electron chi connectivity index (χ1n) is 9.35. The van der Waals surface area contributed by atoms with E-state index in [4.69, 9.17) is 4.74 Å². The largest absolute Gasteiger partial charge is 0.480 e. The Balaban J connectivity index is 1.76. The molecule has 2 atom stereocenters. The molecular formula is C20H27NO4. The predicted octanol–water partition coefficient (Wildman–Crippen LogP) is 3.15. The summed E-state index contributed by atoms with van der Waals surface area (Å²) in [5.74, 6) is -1.13. The number of carboxylic acids is 1. The Kier molecular flexibility index (Phi) is 5.74. The van der Waals surface area contributed by atoms with Crippen molar-refractivity contribution in [3.8, 4) is 0 Å². The van der Waals surface area contributed by atoms with E-state index in [0.717, 1.165) is 36.8 Å². The molecule has 2 aliphatic rings. The van der Waals surface area contributed by atoms with Gasteiger partial charge >= 0.3 is 5.97 Å². The topological polar surface area (TPSA) is 66.8 Å². The fraction of sp³-hybridized carbons (Fsp3) is 0.600. The number of fused-ring (bicyclic) bond motifs is 1. The van der Waals surface area contributed by atoms with E-state index < -0.39 is 18.1 Å². The van der Waals surface area contributed by atoms with Gasteiger partial charge in [0, 0.05) is 13.0 Å². The molecule has 1 aliphatic carbocycles. The lowest BCUT2D eigenvalue weighted by atomic mass is 9.93. The van der Waals surface area contributed by atoms with Gasteiger partial charge in [-0.3, -0.25) is 4.79 Å². The van der Waals surface area contributed by atoms with E-state index in [-0.39, 0.29) is 12.0 Å². The van der Waals surface area contributed by atoms with Crippen molar-refractivity contribution >= 4 is 11.9 Å². The summed E-state index contributed by atoms with van der Waals surface area (Å²) in [5.41, 5.74) is 2.04. The van der Waals surface area contributed by atoms with Gasteiger partial charge in [0.1, 0.15) is 12.1 Å². The molecule has 5 heteroatoms. The number of benzene rings is 1. The van der Waals surface area contributed by atoms with E-state index >= 15 is 0 Å². The zero-order valence-electron chi connectivity index (χ0n) is 14.8. The molecule has 1 aliphatic heterocycles. The van der Waals surface area contributed by atoms with Crippen molar-refractivity contribution in [3.05, 3.63) is 35.4 Å². The second-order valence-electron chi connectivity index (χ2n) is 7.09. The maximum absolute atomic E-state index is 13.1. The molecule has 1 aromatic carbocycles. The molecule has 136 valence electrons. The smallest absolute Gasteiger partial charge is 0.326 e. The van der Waals surface area contributed by atoms with E-state index in [1.165, 1.54) is 11.3 Å². The summed E-state index contributed by atoms with van der Waals surface area (Å²) in [6.45, 7) is 2.27. The molecule has 1 saturated carbocycles. The first-order chi connectivity index (χ1) is 12.1. The Labute approximate surface area is 149 Å². The van der Waals surface area contributed by atoms with E-state index in [9.17, 15) is 14.7 Å². The Morgan fingerprint density at radius 2 is 1.88 bits per heavy atom. The van der Waals surface area contributed by atoms with E-state index in [1.54, 1.807) is 0 Å². The maximum atomic E-state index is 13.1. The van der Waals surface area contributed by atoms with Crippen molar-refractivity contribution < 1.29 is 19.4 Å². The molecule has 0 saturated heterocycles. The average molecular weight is 345 g/mol. The average Bonchev–Trinajstić information content (AvgIpc) is 2.65. The van der Waals surface area contributed by atoms with Gasteiger partial charge in [-0.15, -0.1) is 0 Å². The molecule has 5 nitrogen and oxygen atoms in total. The number of rotatable bonds is 5. The number of carboxylic acid groups (broad SMARTS) is 1. The number of nitrogens with zero attached hydrogens (tertiary/aromatic N) is 1. The second kappa shape index (κ2) is 8.00. The zero-order chi connectivity index (χ0) is 17.8. The highest BCUT2D eigenvalue weighted by molar-refractivity contribution is 5.87. The minimum absolute atomic E-state index is 0.128. The van der Waals surface area contributed by atoms with E-state index in [0.29, 0.717) is 19.4 Å². The number of amides is 1. The summed E-state index contributed by atoms with van der Waals surface area (Å²) >= 11 is 0. The number of hydrogen-bond donors (Lipinski definition) is 1. The van der Waals surface area contributed by atoms with Gasteiger partial charge in [-0.2, -0.15) is 0 Å². The highest BCUT2D eigenvalue weighted by atomic mass is 16.5. The summed E-state index contributed by atoms with van der Waals surface area (Å²) in [6, 6.07) is 6.94. The van der Waals surface area contributed by atoms with Crippen molar-refractivity contribution in [1.29, 1.82) is 0 Å². The zero-order valence-corrected chi connectivity index (χ0v) is 14.8. The van der Waals surface area contributed by atoms with Gasteiger partial charge in [0.2, 0.25) is 0 Å². The number of aliphatic carboxylic acids is 1. The van der Waals surface area contributed by atoms with Crippen LogP contribution >= 0.6 is 0 Å².